The van der Waals surface area contributed by atoms with E-state index < -0.39 is 5.54 Å². The van der Waals surface area contributed by atoms with Gasteiger partial charge in [-0.1, -0.05) is 6.07 Å². The van der Waals surface area contributed by atoms with Crippen molar-refractivity contribution in [2.45, 2.75) is 32.4 Å². The number of benzene rings is 1. The summed E-state index contributed by atoms with van der Waals surface area (Å²) in [4.78, 5) is 0. The van der Waals surface area contributed by atoms with Crippen molar-refractivity contribution in [2.24, 2.45) is 0 Å². The van der Waals surface area contributed by atoms with Crippen molar-refractivity contribution in [2.75, 3.05) is 6.61 Å². The van der Waals surface area contributed by atoms with E-state index in [0.717, 1.165) is 0 Å². The normalized spacial score (nSPS) is 14.1. The quantitative estimate of drug-likeness (QED) is 0.854. The Bertz CT molecular complexity index is 414. The maximum atomic E-state index is 12.9. The summed E-state index contributed by atoms with van der Waals surface area (Å²) >= 11 is 0. The second kappa shape index (κ2) is 5.65. The van der Waals surface area contributed by atoms with E-state index in [-0.39, 0.29) is 18.5 Å². The molecule has 17 heavy (non-hydrogen) atoms. The zero-order valence-corrected chi connectivity index (χ0v) is 10.3. The largest absolute Gasteiger partial charge is 0.490 e. The number of hydrogen-bond donors (Lipinski definition) is 1. The number of hydrogen-bond acceptors (Lipinski definition) is 3. The van der Waals surface area contributed by atoms with Crippen LogP contribution in [0.25, 0.3) is 0 Å². The van der Waals surface area contributed by atoms with Crippen LogP contribution in [0.3, 0.4) is 0 Å². The van der Waals surface area contributed by atoms with Gasteiger partial charge in [-0.3, -0.25) is 5.32 Å². The van der Waals surface area contributed by atoms with Crippen LogP contribution in [-0.4, -0.2) is 18.2 Å². The minimum absolute atomic E-state index is 0.172. The molecule has 92 valence electrons. The second-order valence-electron chi connectivity index (χ2n) is 4.49. The third kappa shape index (κ3) is 4.41. The number of nitriles is 1. The number of nitrogens with one attached hydrogen (secondary N) is 1. The van der Waals surface area contributed by atoms with E-state index in [1.54, 1.807) is 19.1 Å². The van der Waals surface area contributed by atoms with E-state index in [2.05, 4.69) is 11.4 Å². The Labute approximate surface area is 101 Å². The molecule has 0 saturated carbocycles. The van der Waals surface area contributed by atoms with Crippen molar-refractivity contribution in [3.63, 3.8) is 0 Å². The van der Waals surface area contributed by atoms with E-state index in [1.807, 2.05) is 13.8 Å². The Morgan fingerprint density at radius 1 is 1.53 bits per heavy atom. The van der Waals surface area contributed by atoms with Crippen LogP contribution in [-0.2, 0) is 0 Å². The Balaban J connectivity index is 2.62. The van der Waals surface area contributed by atoms with Crippen molar-refractivity contribution in [1.82, 2.24) is 5.32 Å². The van der Waals surface area contributed by atoms with Crippen LogP contribution < -0.4 is 10.1 Å². The Hall–Kier alpha value is -1.60. The van der Waals surface area contributed by atoms with E-state index in [9.17, 15) is 4.39 Å². The van der Waals surface area contributed by atoms with Gasteiger partial charge in [0, 0.05) is 12.1 Å². The fourth-order valence-corrected chi connectivity index (χ4v) is 1.53. The lowest BCUT2D eigenvalue weighted by Gasteiger charge is -2.25. The van der Waals surface area contributed by atoms with E-state index in [4.69, 9.17) is 10.00 Å². The summed E-state index contributed by atoms with van der Waals surface area (Å²) in [6.07, 6.45) is 0. The minimum atomic E-state index is -0.777. The van der Waals surface area contributed by atoms with Crippen LogP contribution >= 0.6 is 0 Å². The van der Waals surface area contributed by atoms with Gasteiger partial charge in [-0.2, -0.15) is 5.26 Å². The fourth-order valence-electron chi connectivity index (χ4n) is 1.53. The van der Waals surface area contributed by atoms with Gasteiger partial charge in [0.05, 0.1) is 6.07 Å². The summed E-state index contributed by atoms with van der Waals surface area (Å²) < 4.78 is 18.3. The lowest BCUT2D eigenvalue weighted by Crippen LogP contribution is -2.49. The van der Waals surface area contributed by atoms with Gasteiger partial charge in [0.2, 0.25) is 0 Å². The zero-order chi connectivity index (χ0) is 12.9. The van der Waals surface area contributed by atoms with E-state index in [0.29, 0.717) is 5.75 Å². The molecule has 0 aliphatic rings. The van der Waals surface area contributed by atoms with Crippen molar-refractivity contribution in [1.29, 1.82) is 5.26 Å². The Morgan fingerprint density at radius 3 is 2.76 bits per heavy atom. The number of ether oxygens (including phenoxy) is 1. The van der Waals surface area contributed by atoms with E-state index in [1.165, 1.54) is 12.1 Å². The fraction of sp³-hybridized carbons (Fsp3) is 0.462. The van der Waals surface area contributed by atoms with Crippen LogP contribution in [0.1, 0.15) is 20.8 Å². The molecule has 1 unspecified atom stereocenters. The van der Waals surface area contributed by atoms with Gasteiger partial charge in [-0.05, 0) is 32.9 Å². The molecule has 1 N–H and O–H groups in total. The lowest BCUT2D eigenvalue weighted by molar-refractivity contribution is 0.224. The first-order chi connectivity index (χ1) is 7.95. The highest BCUT2D eigenvalue weighted by atomic mass is 19.1. The Kier molecular flexibility index (Phi) is 4.47. The smallest absolute Gasteiger partial charge is 0.138 e. The van der Waals surface area contributed by atoms with Crippen LogP contribution in [0, 0.1) is 17.1 Å². The van der Waals surface area contributed by atoms with Gasteiger partial charge in [-0.15, -0.1) is 0 Å². The van der Waals surface area contributed by atoms with Gasteiger partial charge < -0.3 is 4.74 Å². The topological polar surface area (TPSA) is 45.0 Å². The molecule has 1 rings (SSSR count). The van der Waals surface area contributed by atoms with Crippen molar-refractivity contribution in [3.8, 4) is 11.8 Å². The van der Waals surface area contributed by atoms with Crippen LogP contribution in [0.5, 0.6) is 5.75 Å². The number of rotatable bonds is 5. The van der Waals surface area contributed by atoms with Crippen LogP contribution in [0.2, 0.25) is 0 Å². The first kappa shape index (κ1) is 13.5. The molecule has 0 amide bonds. The molecular formula is C13H17FN2O. The van der Waals surface area contributed by atoms with Gasteiger partial charge in [0.1, 0.15) is 23.7 Å². The third-order valence-electron chi connectivity index (χ3n) is 2.18. The average Bonchev–Trinajstić information content (AvgIpc) is 2.26. The minimum Gasteiger partial charge on any atom is -0.490 e. The van der Waals surface area contributed by atoms with Gasteiger partial charge >= 0.3 is 0 Å². The highest BCUT2D eigenvalue weighted by Crippen LogP contribution is 2.14. The lowest BCUT2D eigenvalue weighted by atomic mass is 10.1. The molecule has 1 atom stereocenters. The molecule has 0 bridgehead atoms. The molecule has 0 aromatic heterocycles. The molecule has 0 aliphatic heterocycles. The van der Waals surface area contributed by atoms with Crippen LogP contribution in [0.15, 0.2) is 24.3 Å². The van der Waals surface area contributed by atoms with E-state index >= 15 is 0 Å². The Morgan fingerprint density at radius 2 is 2.24 bits per heavy atom. The standard InChI is InChI=1S/C13H17FN2O/c1-10(2)16-13(3,8-15)9-17-12-6-4-5-11(14)7-12/h4-7,10,16H,9H2,1-3H3. The first-order valence-electron chi connectivity index (χ1n) is 5.52. The predicted molar refractivity (Wildman–Crippen MR) is 64.2 cm³/mol. The monoisotopic (exact) mass is 236 g/mol. The second-order valence-corrected chi connectivity index (χ2v) is 4.49. The zero-order valence-electron chi connectivity index (χ0n) is 10.3. The van der Waals surface area contributed by atoms with Gasteiger partial charge in [0.25, 0.3) is 0 Å². The first-order valence-corrected chi connectivity index (χ1v) is 5.52. The van der Waals surface area contributed by atoms with Gasteiger partial charge in [-0.25, -0.2) is 4.39 Å². The molecule has 0 radical (unpaired) electrons. The molecule has 0 aliphatic carbocycles. The highest BCUT2D eigenvalue weighted by molar-refractivity contribution is 5.23. The maximum absolute atomic E-state index is 12.9. The summed E-state index contributed by atoms with van der Waals surface area (Å²) in [6.45, 7) is 5.84. The number of nitrogens with zero attached hydrogens (tertiary/aromatic N) is 1. The van der Waals surface area contributed by atoms with Crippen molar-refractivity contribution in [3.05, 3.63) is 30.1 Å². The van der Waals surface area contributed by atoms with Gasteiger partial charge in [0.15, 0.2) is 0 Å². The molecule has 1 aromatic rings. The molecular weight excluding hydrogens is 219 g/mol. The molecule has 0 heterocycles. The SMILES string of the molecule is CC(C)NC(C)(C#N)COc1cccc(F)c1. The average molecular weight is 236 g/mol. The molecule has 0 fully saturated rings. The summed E-state index contributed by atoms with van der Waals surface area (Å²) in [6, 6.07) is 8.23. The maximum Gasteiger partial charge on any atom is 0.138 e. The number of halogens is 1. The summed E-state index contributed by atoms with van der Waals surface area (Å²) in [5, 5.41) is 12.2. The van der Waals surface area contributed by atoms with Crippen molar-refractivity contribution < 1.29 is 9.13 Å². The molecule has 3 nitrogen and oxygen atoms in total. The highest BCUT2D eigenvalue weighted by Gasteiger charge is 2.25. The summed E-state index contributed by atoms with van der Waals surface area (Å²) in [5.41, 5.74) is -0.777. The molecule has 0 saturated heterocycles. The van der Waals surface area contributed by atoms with Crippen molar-refractivity contribution >= 4 is 0 Å². The molecule has 1 aromatic carbocycles. The predicted octanol–water partition coefficient (Wildman–Crippen LogP) is 2.48. The molecule has 0 spiro atoms. The summed E-state index contributed by atoms with van der Waals surface area (Å²) in [5.74, 6) is 0.0787. The van der Waals surface area contributed by atoms with Crippen LogP contribution in [0.4, 0.5) is 4.39 Å². The summed E-state index contributed by atoms with van der Waals surface area (Å²) in [7, 11) is 0. The molecule has 4 heteroatoms. The third-order valence-corrected chi connectivity index (χ3v) is 2.18.